The van der Waals surface area contributed by atoms with Gasteiger partial charge in [0.2, 0.25) is 5.91 Å². The highest BCUT2D eigenvalue weighted by Gasteiger charge is 2.18. The maximum atomic E-state index is 11.9. The van der Waals surface area contributed by atoms with E-state index in [4.69, 9.17) is 22.7 Å². The van der Waals surface area contributed by atoms with Gasteiger partial charge >= 0.3 is 0 Å². The van der Waals surface area contributed by atoms with Gasteiger partial charge in [-0.3, -0.25) is 4.79 Å². The minimum absolute atomic E-state index is 0.0693. The summed E-state index contributed by atoms with van der Waals surface area (Å²) < 4.78 is 5.62. The Labute approximate surface area is 115 Å². The van der Waals surface area contributed by atoms with E-state index in [2.05, 4.69) is 0 Å². The summed E-state index contributed by atoms with van der Waals surface area (Å²) in [6.07, 6.45) is 5.09. The van der Waals surface area contributed by atoms with Gasteiger partial charge in [0.15, 0.2) is 0 Å². The number of hydrogen-bond acceptors (Lipinski definition) is 3. The molecule has 18 heavy (non-hydrogen) atoms. The van der Waals surface area contributed by atoms with Crippen LogP contribution < -0.4 is 5.73 Å². The van der Waals surface area contributed by atoms with Crippen LogP contribution in [-0.2, 0) is 9.53 Å². The SMILES string of the molecule is CC(CN(C)C(=O)CCC1CCCCO1)C(N)=S. The first-order valence-electron chi connectivity index (χ1n) is 6.65. The maximum absolute atomic E-state index is 11.9. The van der Waals surface area contributed by atoms with Crippen LogP contribution in [0.1, 0.15) is 39.0 Å². The molecule has 0 radical (unpaired) electrons. The van der Waals surface area contributed by atoms with Crippen LogP contribution in [0.4, 0.5) is 0 Å². The predicted octanol–water partition coefficient (Wildman–Crippen LogP) is 1.72. The number of carbonyl (C=O) groups is 1. The molecule has 0 aromatic carbocycles. The molecule has 1 saturated heterocycles. The molecule has 1 fully saturated rings. The molecule has 1 rings (SSSR count). The van der Waals surface area contributed by atoms with Crippen LogP contribution in [0, 0.1) is 5.92 Å². The Balaban J connectivity index is 2.24. The number of nitrogens with zero attached hydrogens (tertiary/aromatic N) is 1. The van der Waals surface area contributed by atoms with E-state index in [0.29, 0.717) is 18.0 Å². The normalized spacial score (nSPS) is 21.3. The van der Waals surface area contributed by atoms with Gasteiger partial charge in [0, 0.05) is 32.5 Å². The molecule has 1 heterocycles. The van der Waals surface area contributed by atoms with Gasteiger partial charge in [-0.1, -0.05) is 19.1 Å². The first-order valence-corrected chi connectivity index (χ1v) is 7.06. The second kappa shape index (κ2) is 7.69. The van der Waals surface area contributed by atoms with Crippen molar-refractivity contribution in [2.24, 2.45) is 11.7 Å². The molecule has 104 valence electrons. The Hall–Kier alpha value is -0.680. The van der Waals surface area contributed by atoms with Crippen LogP contribution in [0.25, 0.3) is 0 Å². The summed E-state index contributed by atoms with van der Waals surface area (Å²) in [7, 11) is 1.80. The Morgan fingerprint density at radius 1 is 1.56 bits per heavy atom. The first-order chi connectivity index (χ1) is 8.50. The van der Waals surface area contributed by atoms with Gasteiger partial charge in [0.1, 0.15) is 0 Å². The second-order valence-electron chi connectivity index (χ2n) is 5.10. The molecular formula is C13H24N2O2S. The van der Waals surface area contributed by atoms with Crippen molar-refractivity contribution in [3.63, 3.8) is 0 Å². The topological polar surface area (TPSA) is 55.6 Å². The lowest BCUT2D eigenvalue weighted by Gasteiger charge is -2.24. The number of hydrogen-bond donors (Lipinski definition) is 1. The van der Waals surface area contributed by atoms with Gasteiger partial charge < -0.3 is 15.4 Å². The monoisotopic (exact) mass is 272 g/mol. The first kappa shape index (κ1) is 15.4. The van der Waals surface area contributed by atoms with E-state index in [0.717, 1.165) is 25.9 Å². The van der Waals surface area contributed by atoms with Crippen molar-refractivity contribution in [1.82, 2.24) is 4.90 Å². The van der Waals surface area contributed by atoms with Gasteiger partial charge in [-0.15, -0.1) is 0 Å². The largest absolute Gasteiger partial charge is 0.393 e. The van der Waals surface area contributed by atoms with Crippen molar-refractivity contribution in [2.45, 2.75) is 45.1 Å². The summed E-state index contributed by atoms with van der Waals surface area (Å²) in [5.74, 6) is 0.215. The van der Waals surface area contributed by atoms with Gasteiger partial charge in [-0.2, -0.15) is 0 Å². The Morgan fingerprint density at radius 3 is 2.83 bits per heavy atom. The van der Waals surface area contributed by atoms with Gasteiger partial charge in [-0.25, -0.2) is 0 Å². The van der Waals surface area contributed by atoms with Crippen molar-refractivity contribution < 1.29 is 9.53 Å². The molecule has 2 atom stereocenters. The van der Waals surface area contributed by atoms with E-state index >= 15 is 0 Å². The van der Waals surface area contributed by atoms with E-state index in [9.17, 15) is 4.79 Å². The smallest absolute Gasteiger partial charge is 0.222 e. The molecule has 0 aromatic rings. The van der Waals surface area contributed by atoms with Crippen molar-refractivity contribution in [3.8, 4) is 0 Å². The van der Waals surface area contributed by atoms with Crippen LogP contribution >= 0.6 is 12.2 Å². The van der Waals surface area contributed by atoms with Crippen LogP contribution in [0.5, 0.6) is 0 Å². The molecule has 0 spiro atoms. The lowest BCUT2D eigenvalue weighted by molar-refractivity contribution is -0.131. The number of thiocarbonyl (C=S) groups is 1. The Kier molecular flexibility index (Phi) is 6.57. The molecule has 5 heteroatoms. The molecule has 4 nitrogen and oxygen atoms in total. The standard InChI is InChI=1S/C13H24N2O2S/c1-10(13(14)18)9-15(2)12(16)7-6-11-5-3-4-8-17-11/h10-11H,3-9H2,1-2H3,(H2,14,18). The molecule has 1 aliphatic heterocycles. The van der Waals surface area contributed by atoms with Crippen molar-refractivity contribution in [3.05, 3.63) is 0 Å². The molecule has 0 aromatic heterocycles. The fourth-order valence-electron chi connectivity index (χ4n) is 2.11. The van der Waals surface area contributed by atoms with Crippen LogP contribution in [0.15, 0.2) is 0 Å². The second-order valence-corrected chi connectivity index (χ2v) is 5.58. The third-order valence-corrected chi connectivity index (χ3v) is 3.82. The lowest BCUT2D eigenvalue weighted by Crippen LogP contribution is -2.35. The van der Waals surface area contributed by atoms with Crippen LogP contribution in [0.3, 0.4) is 0 Å². The molecule has 0 aliphatic carbocycles. The summed E-state index contributed by atoms with van der Waals surface area (Å²) in [6, 6.07) is 0. The van der Waals surface area contributed by atoms with Crippen LogP contribution in [-0.4, -0.2) is 42.1 Å². The van der Waals surface area contributed by atoms with Crippen molar-refractivity contribution in [1.29, 1.82) is 0 Å². The highest BCUT2D eigenvalue weighted by atomic mass is 32.1. The molecule has 1 aliphatic rings. The zero-order valence-electron chi connectivity index (χ0n) is 11.4. The highest BCUT2D eigenvalue weighted by molar-refractivity contribution is 7.80. The number of carbonyl (C=O) groups excluding carboxylic acids is 1. The molecule has 2 unspecified atom stereocenters. The van der Waals surface area contributed by atoms with Crippen molar-refractivity contribution in [2.75, 3.05) is 20.2 Å². The van der Waals surface area contributed by atoms with Gasteiger partial charge in [0.05, 0.1) is 11.1 Å². The zero-order valence-corrected chi connectivity index (χ0v) is 12.2. The quantitative estimate of drug-likeness (QED) is 0.748. The minimum Gasteiger partial charge on any atom is -0.393 e. The Bertz CT molecular complexity index is 291. The predicted molar refractivity (Wildman–Crippen MR) is 76.4 cm³/mol. The molecule has 2 N–H and O–H groups in total. The summed E-state index contributed by atoms with van der Waals surface area (Å²) in [5, 5.41) is 0. The third-order valence-electron chi connectivity index (χ3n) is 3.41. The average molecular weight is 272 g/mol. The fourth-order valence-corrected chi connectivity index (χ4v) is 2.19. The number of ether oxygens (including phenoxy) is 1. The van der Waals surface area contributed by atoms with E-state index in [-0.39, 0.29) is 17.9 Å². The Morgan fingerprint density at radius 2 is 2.28 bits per heavy atom. The van der Waals surface area contributed by atoms with E-state index < -0.39 is 0 Å². The maximum Gasteiger partial charge on any atom is 0.222 e. The van der Waals surface area contributed by atoms with Gasteiger partial charge in [-0.05, 0) is 25.7 Å². The van der Waals surface area contributed by atoms with Gasteiger partial charge in [0.25, 0.3) is 0 Å². The molecule has 0 bridgehead atoms. The highest BCUT2D eigenvalue weighted by Crippen LogP contribution is 2.17. The number of rotatable bonds is 6. The summed E-state index contributed by atoms with van der Waals surface area (Å²) in [6.45, 7) is 3.38. The molecule has 1 amide bonds. The average Bonchev–Trinajstić information content (AvgIpc) is 2.36. The number of nitrogens with two attached hydrogens (primary N) is 1. The fraction of sp³-hybridized carbons (Fsp3) is 0.846. The van der Waals surface area contributed by atoms with E-state index in [1.54, 1.807) is 11.9 Å². The molecular weight excluding hydrogens is 248 g/mol. The summed E-state index contributed by atoms with van der Waals surface area (Å²) in [5.41, 5.74) is 5.55. The summed E-state index contributed by atoms with van der Waals surface area (Å²) >= 11 is 4.91. The van der Waals surface area contributed by atoms with Crippen LogP contribution in [0.2, 0.25) is 0 Å². The van der Waals surface area contributed by atoms with E-state index in [1.807, 2.05) is 6.92 Å². The minimum atomic E-state index is 0.0693. The lowest BCUT2D eigenvalue weighted by atomic mass is 10.0. The van der Waals surface area contributed by atoms with E-state index in [1.165, 1.54) is 6.42 Å². The van der Waals surface area contributed by atoms with Crippen molar-refractivity contribution >= 4 is 23.1 Å². The third kappa shape index (κ3) is 5.31. The zero-order chi connectivity index (χ0) is 13.5. The summed E-state index contributed by atoms with van der Waals surface area (Å²) in [4.78, 5) is 14.1. The molecule has 0 saturated carbocycles. The number of amides is 1.